The third-order valence-electron chi connectivity index (χ3n) is 3.54. The van der Waals surface area contributed by atoms with Crippen molar-refractivity contribution in [2.45, 2.75) is 57.7 Å². The Balaban J connectivity index is 2.48. The van der Waals surface area contributed by atoms with Crippen LogP contribution in [0.15, 0.2) is 0 Å². The first-order valence-corrected chi connectivity index (χ1v) is 6.66. The molecule has 17 heavy (non-hydrogen) atoms. The smallest absolute Gasteiger partial charge is 0.324 e. The Hall–Kier alpha value is -0.610. The van der Waals surface area contributed by atoms with E-state index in [4.69, 9.17) is 4.74 Å². The Morgan fingerprint density at radius 1 is 1.41 bits per heavy atom. The standard InChI is InChI=1S/C13H26N2O2/c1-5-11(6-2)15(3)9-12(13(16)17-4)14-10-7-8-10/h10-12,14H,5-9H2,1-4H3. The second-order valence-corrected chi connectivity index (χ2v) is 4.93. The minimum Gasteiger partial charge on any atom is -0.468 e. The van der Waals surface area contributed by atoms with E-state index in [1.165, 1.54) is 20.0 Å². The van der Waals surface area contributed by atoms with Gasteiger partial charge in [0.25, 0.3) is 0 Å². The molecule has 100 valence electrons. The van der Waals surface area contributed by atoms with Gasteiger partial charge in [-0.15, -0.1) is 0 Å². The zero-order valence-corrected chi connectivity index (χ0v) is 11.5. The fourth-order valence-corrected chi connectivity index (χ4v) is 2.22. The van der Waals surface area contributed by atoms with Crippen LogP contribution >= 0.6 is 0 Å². The predicted molar refractivity (Wildman–Crippen MR) is 69.0 cm³/mol. The molecule has 0 amide bonds. The van der Waals surface area contributed by atoms with Crippen LogP contribution < -0.4 is 5.32 Å². The van der Waals surface area contributed by atoms with E-state index >= 15 is 0 Å². The van der Waals surface area contributed by atoms with Crippen molar-refractivity contribution in [1.82, 2.24) is 10.2 Å². The van der Waals surface area contributed by atoms with Crippen molar-refractivity contribution >= 4 is 5.97 Å². The fraction of sp³-hybridized carbons (Fsp3) is 0.923. The number of nitrogens with one attached hydrogen (secondary N) is 1. The van der Waals surface area contributed by atoms with Crippen LogP contribution in [0.25, 0.3) is 0 Å². The maximum absolute atomic E-state index is 11.7. The molecule has 4 heteroatoms. The van der Waals surface area contributed by atoms with E-state index in [2.05, 4.69) is 31.1 Å². The number of hydrogen-bond acceptors (Lipinski definition) is 4. The van der Waals surface area contributed by atoms with Crippen LogP contribution in [0, 0.1) is 0 Å². The maximum atomic E-state index is 11.7. The molecule has 0 spiro atoms. The molecule has 0 aliphatic heterocycles. The van der Waals surface area contributed by atoms with E-state index in [0.29, 0.717) is 12.1 Å². The van der Waals surface area contributed by atoms with Crippen molar-refractivity contribution in [3.05, 3.63) is 0 Å². The Morgan fingerprint density at radius 3 is 2.41 bits per heavy atom. The molecule has 0 bridgehead atoms. The first-order chi connectivity index (χ1) is 8.12. The SMILES string of the molecule is CCC(CC)N(C)CC(NC1CC1)C(=O)OC. The third-order valence-corrected chi connectivity index (χ3v) is 3.54. The number of esters is 1. The normalized spacial score (nSPS) is 17.5. The summed E-state index contributed by atoms with van der Waals surface area (Å²) < 4.78 is 4.86. The first kappa shape index (κ1) is 14.5. The summed E-state index contributed by atoms with van der Waals surface area (Å²) in [7, 11) is 3.54. The number of carbonyl (C=O) groups is 1. The number of methoxy groups -OCH3 is 1. The molecule has 1 atom stereocenters. The van der Waals surface area contributed by atoms with Crippen LogP contribution in [-0.4, -0.2) is 49.7 Å². The molecule has 1 fully saturated rings. The van der Waals surface area contributed by atoms with Crippen LogP contribution in [0.4, 0.5) is 0 Å². The Morgan fingerprint density at radius 2 is 2.00 bits per heavy atom. The quantitative estimate of drug-likeness (QED) is 0.653. The van der Waals surface area contributed by atoms with Gasteiger partial charge in [-0.3, -0.25) is 4.79 Å². The molecule has 0 saturated heterocycles. The summed E-state index contributed by atoms with van der Waals surface area (Å²) in [5.41, 5.74) is 0. The Labute approximate surface area is 105 Å². The van der Waals surface area contributed by atoms with Gasteiger partial charge in [-0.05, 0) is 32.7 Å². The van der Waals surface area contributed by atoms with Crippen molar-refractivity contribution in [3.8, 4) is 0 Å². The molecule has 0 aromatic heterocycles. The zero-order chi connectivity index (χ0) is 12.8. The number of nitrogens with zero attached hydrogens (tertiary/aromatic N) is 1. The van der Waals surface area contributed by atoms with Gasteiger partial charge in [0.05, 0.1) is 7.11 Å². The molecule has 1 N–H and O–H groups in total. The van der Waals surface area contributed by atoms with Crippen molar-refractivity contribution < 1.29 is 9.53 Å². The first-order valence-electron chi connectivity index (χ1n) is 6.66. The van der Waals surface area contributed by atoms with E-state index in [1.807, 2.05) is 0 Å². The van der Waals surface area contributed by atoms with Gasteiger partial charge >= 0.3 is 5.97 Å². The summed E-state index contributed by atoms with van der Waals surface area (Å²) in [5, 5.41) is 3.36. The van der Waals surface area contributed by atoms with E-state index < -0.39 is 0 Å². The molecule has 1 aliphatic rings. The summed E-state index contributed by atoms with van der Waals surface area (Å²) in [6.07, 6.45) is 4.60. The minimum absolute atomic E-state index is 0.144. The van der Waals surface area contributed by atoms with E-state index in [9.17, 15) is 4.79 Å². The Bertz CT molecular complexity index is 238. The molecular weight excluding hydrogens is 216 g/mol. The summed E-state index contributed by atoms with van der Waals surface area (Å²) in [6.45, 7) is 5.10. The topological polar surface area (TPSA) is 41.6 Å². The lowest BCUT2D eigenvalue weighted by atomic mass is 10.1. The summed E-state index contributed by atoms with van der Waals surface area (Å²) in [4.78, 5) is 14.0. The van der Waals surface area contributed by atoms with Gasteiger partial charge in [-0.25, -0.2) is 0 Å². The summed E-state index contributed by atoms with van der Waals surface area (Å²) in [6, 6.07) is 0.885. The highest BCUT2D eigenvalue weighted by Crippen LogP contribution is 2.20. The number of ether oxygens (including phenoxy) is 1. The monoisotopic (exact) mass is 242 g/mol. The van der Waals surface area contributed by atoms with Gasteiger partial charge in [0.15, 0.2) is 0 Å². The van der Waals surface area contributed by atoms with Crippen molar-refractivity contribution in [2.24, 2.45) is 0 Å². The highest BCUT2D eigenvalue weighted by atomic mass is 16.5. The highest BCUT2D eigenvalue weighted by Gasteiger charge is 2.30. The average Bonchev–Trinajstić information content (AvgIpc) is 3.12. The number of hydrogen-bond donors (Lipinski definition) is 1. The van der Waals surface area contributed by atoms with E-state index in [-0.39, 0.29) is 12.0 Å². The lowest BCUT2D eigenvalue weighted by Gasteiger charge is -2.29. The van der Waals surface area contributed by atoms with Gasteiger partial charge in [-0.2, -0.15) is 0 Å². The number of carbonyl (C=O) groups excluding carboxylic acids is 1. The van der Waals surface area contributed by atoms with Gasteiger partial charge in [0, 0.05) is 18.6 Å². The third kappa shape index (κ3) is 4.64. The van der Waals surface area contributed by atoms with Crippen molar-refractivity contribution in [2.75, 3.05) is 20.7 Å². The van der Waals surface area contributed by atoms with E-state index in [0.717, 1.165) is 19.4 Å². The minimum atomic E-state index is -0.182. The van der Waals surface area contributed by atoms with Gasteiger partial charge in [-0.1, -0.05) is 13.8 Å². The molecule has 0 aromatic rings. The predicted octanol–water partition coefficient (Wildman–Crippen LogP) is 1.40. The lowest BCUT2D eigenvalue weighted by molar-refractivity contribution is -0.143. The molecule has 1 rings (SSSR count). The summed E-state index contributed by atoms with van der Waals surface area (Å²) >= 11 is 0. The lowest BCUT2D eigenvalue weighted by Crippen LogP contribution is -2.48. The van der Waals surface area contributed by atoms with E-state index in [1.54, 1.807) is 0 Å². The highest BCUT2D eigenvalue weighted by molar-refractivity contribution is 5.76. The molecule has 1 unspecified atom stereocenters. The van der Waals surface area contributed by atoms with Crippen LogP contribution in [0.5, 0.6) is 0 Å². The molecule has 4 nitrogen and oxygen atoms in total. The maximum Gasteiger partial charge on any atom is 0.324 e. The second kappa shape index (κ2) is 6.97. The molecule has 1 saturated carbocycles. The van der Waals surface area contributed by atoms with Gasteiger partial charge in [0.1, 0.15) is 6.04 Å². The Kier molecular flexibility index (Phi) is 5.92. The van der Waals surface area contributed by atoms with Crippen LogP contribution in [-0.2, 0) is 9.53 Å². The van der Waals surface area contributed by atoms with Crippen LogP contribution in [0.3, 0.4) is 0 Å². The van der Waals surface area contributed by atoms with Gasteiger partial charge < -0.3 is 15.0 Å². The second-order valence-electron chi connectivity index (χ2n) is 4.93. The van der Waals surface area contributed by atoms with Crippen LogP contribution in [0.1, 0.15) is 39.5 Å². The average molecular weight is 242 g/mol. The summed E-state index contributed by atoms with van der Waals surface area (Å²) in [5.74, 6) is -0.144. The molecule has 0 heterocycles. The number of likely N-dealkylation sites (N-methyl/N-ethyl adjacent to an activating group) is 1. The zero-order valence-electron chi connectivity index (χ0n) is 11.5. The van der Waals surface area contributed by atoms with Crippen molar-refractivity contribution in [3.63, 3.8) is 0 Å². The molecular formula is C13H26N2O2. The van der Waals surface area contributed by atoms with Crippen molar-refractivity contribution in [1.29, 1.82) is 0 Å². The molecule has 1 aliphatic carbocycles. The molecule has 0 radical (unpaired) electrons. The number of rotatable bonds is 8. The van der Waals surface area contributed by atoms with Crippen LogP contribution in [0.2, 0.25) is 0 Å². The largest absolute Gasteiger partial charge is 0.468 e. The fourth-order valence-electron chi connectivity index (χ4n) is 2.22. The van der Waals surface area contributed by atoms with Gasteiger partial charge in [0.2, 0.25) is 0 Å². The molecule has 0 aromatic carbocycles.